The zero-order valence-corrected chi connectivity index (χ0v) is 14.5. The van der Waals surface area contributed by atoms with Gasteiger partial charge in [-0.3, -0.25) is 9.69 Å². The van der Waals surface area contributed by atoms with Crippen molar-refractivity contribution >= 4 is 17.5 Å². The highest BCUT2D eigenvalue weighted by Gasteiger charge is 2.22. The van der Waals surface area contributed by atoms with E-state index in [9.17, 15) is 13.6 Å². The minimum absolute atomic E-state index is 0.0652. The monoisotopic (exact) mass is 364 g/mol. The van der Waals surface area contributed by atoms with Crippen LogP contribution in [0.15, 0.2) is 42.5 Å². The smallest absolute Gasteiger partial charge is 0.227 e. The van der Waals surface area contributed by atoms with Gasteiger partial charge in [-0.15, -0.1) is 0 Å². The van der Waals surface area contributed by atoms with Crippen LogP contribution in [0.2, 0.25) is 5.02 Å². The summed E-state index contributed by atoms with van der Waals surface area (Å²) in [7, 11) is 0. The lowest BCUT2D eigenvalue weighted by Gasteiger charge is -2.35. The third-order valence-electron chi connectivity index (χ3n) is 4.43. The average molecular weight is 365 g/mol. The summed E-state index contributed by atoms with van der Waals surface area (Å²) in [5, 5.41) is 0.415. The molecular weight excluding hydrogens is 346 g/mol. The van der Waals surface area contributed by atoms with Crippen LogP contribution >= 0.6 is 11.6 Å². The van der Waals surface area contributed by atoms with E-state index in [4.69, 9.17) is 11.6 Å². The molecule has 25 heavy (non-hydrogen) atoms. The first kappa shape index (κ1) is 17.8. The Labute approximate surface area is 150 Å². The Hall–Kier alpha value is -1.98. The summed E-state index contributed by atoms with van der Waals surface area (Å²) < 4.78 is 26.8. The molecule has 0 unspecified atom stereocenters. The molecule has 132 valence electrons. The van der Waals surface area contributed by atoms with Gasteiger partial charge in [-0.25, -0.2) is 8.78 Å². The van der Waals surface area contributed by atoms with Crippen LogP contribution in [0.1, 0.15) is 11.1 Å². The second-order valence-electron chi connectivity index (χ2n) is 6.16. The molecule has 1 heterocycles. The molecule has 6 heteroatoms. The van der Waals surface area contributed by atoms with Gasteiger partial charge in [0.1, 0.15) is 11.6 Å². The van der Waals surface area contributed by atoms with E-state index in [1.54, 1.807) is 29.2 Å². The number of carbonyl (C=O) groups excluding carboxylic acids is 1. The summed E-state index contributed by atoms with van der Waals surface area (Å²) >= 11 is 6.07. The van der Waals surface area contributed by atoms with Gasteiger partial charge < -0.3 is 4.90 Å². The van der Waals surface area contributed by atoms with Crippen molar-refractivity contribution in [3.8, 4) is 0 Å². The van der Waals surface area contributed by atoms with Crippen LogP contribution in [0, 0.1) is 11.6 Å². The van der Waals surface area contributed by atoms with E-state index in [-0.39, 0.29) is 24.0 Å². The molecule has 0 spiro atoms. The predicted octanol–water partition coefficient (Wildman–Crippen LogP) is 3.51. The van der Waals surface area contributed by atoms with E-state index in [2.05, 4.69) is 4.90 Å². The molecule has 1 fully saturated rings. The number of hydrogen-bond acceptors (Lipinski definition) is 2. The lowest BCUT2D eigenvalue weighted by molar-refractivity contribution is -0.132. The maximum atomic E-state index is 13.7. The Morgan fingerprint density at radius 3 is 2.40 bits per heavy atom. The summed E-state index contributed by atoms with van der Waals surface area (Å²) in [6.07, 6.45) is 0.0798. The molecule has 1 aliphatic rings. The highest BCUT2D eigenvalue weighted by molar-refractivity contribution is 6.31. The quantitative estimate of drug-likeness (QED) is 0.829. The van der Waals surface area contributed by atoms with Gasteiger partial charge in [0.15, 0.2) is 0 Å². The van der Waals surface area contributed by atoms with Crippen molar-refractivity contribution in [3.63, 3.8) is 0 Å². The van der Waals surface area contributed by atoms with Crippen molar-refractivity contribution in [2.45, 2.75) is 13.0 Å². The van der Waals surface area contributed by atoms with Gasteiger partial charge in [-0.1, -0.05) is 35.9 Å². The predicted molar refractivity (Wildman–Crippen MR) is 93.4 cm³/mol. The third kappa shape index (κ3) is 4.55. The van der Waals surface area contributed by atoms with Crippen LogP contribution in [0.3, 0.4) is 0 Å². The number of piperazine rings is 1. The van der Waals surface area contributed by atoms with Crippen LogP contribution in [0.4, 0.5) is 8.78 Å². The lowest BCUT2D eigenvalue weighted by atomic mass is 10.1. The summed E-state index contributed by atoms with van der Waals surface area (Å²) in [5.74, 6) is -0.762. The molecule has 2 aromatic carbocycles. The van der Waals surface area contributed by atoms with Gasteiger partial charge in [0.2, 0.25) is 5.91 Å². The molecule has 0 aliphatic carbocycles. The minimum atomic E-state index is -0.350. The normalized spacial score (nSPS) is 15.4. The van der Waals surface area contributed by atoms with E-state index >= 15 is 0 Å². The number of hydrogen-bond donors (Lipinski definition) is 0. The standard InChI is InChI=1S/C19H19ClF2N2O/c20-17-12-16(21)6-5-15(17)13-23-7-9-24(10-8-23)19(25)11-14-3-1-2-4-18(14)22/h1-6,12H,7-11,13H2. The first-order valence-corrected chi connectivity index (χ1v) is 8.58. The van der Waals surface area contributed by atoms with E-state index in [0.717, 1.165) is 5.56 Å². The van der Waals surface area contributed by atoms with Crippen molar-refractivity contribution < 1.29 is 13.6 Å². The fraction of sp³-hybridized carbons (Fsp3) is 0.316. The number of nitrogens with zero attached hydrogens (tertiary/aromatic N) is 2. The van der Waals surface area contributed by atoms with E-state index < -0.39 is 0 Å². The Morgan fingerprint density at radius 1 is 1.00 bits per heavy atom. The topological polar surface area (TPSA) is 23.6 Å². The van der Waals surface area contributed by atoms with Crippen LogP contribution in [-0.2, 0) is 17.8 Å². The number of rotatable bonds is 4. The first-order valence-electron chi connectivity index (χ1n) is 8.20. The van der Waals surface area contributed by atoms with Gasteiger partial charge in [-0.2, -0.15) is 0 Å². The summed E-state index contributed by atoms with van der Waals surface area (Å²) in [4.78, 5) is 16.3. The van der Waals surface area contributed by atoms with Crippen molar-refractivity contribution in [1.29, 1.82) is 0 Å². The van der Waals surface area contributed by atoms with Gasteiger partial charge >= 0.3 is 0 Å². The Bertz CT molecular complexity index is 761. The number of halogens is 3. The van der Waals surface area contributed by atoms with Crippen LogP contribution in [-0.4, -0.2) is 41.9 Å². The highest BCUT2D eigenvalue weighted by atomic mass is 35.5. The van der Waals surface area contributed by atoms with E-state index in [1.165, 1.54) is 18.2 Å². The lowest BCUT2D eigenvalue weighted by Crippen LogP contribution is -2.48. The zero-order chi connectivity index (χ0) is 17.8. The molecule has 3 rings (SSSR count). The molecule has 0 radical (unpaired) electrons. The van der Waals surface area contributed by atoms with Crippen molar-refractivity contribution in [1.82, 2.24) is 9.80 Å². The SMILES string of the molecule is O=C(Cc1ccccc1F)N1CCN(Cc2ccc(F)cc2Cl)CC1. The number of amides is 1. The number of benzene rings is 2. The Kier molecular flexibility index (Phi) is 5.66. The van der Waals surface area contributed by atoms with Gasteiger partial charge in [0.05, 0.1) is 6.42 Å². The molecule has 0 aromatic heterocycles. The van der Waals surface area contributed by atoms with Crippen LogP contribution in [0.25, 0.3) is 0 Å². The second kappa shape index (κ2) is 7.93. The maximum Gasteiger partial charge on any atom is 0.227 e. The molecule has 0 saturated carbocycles. The minimum Gasteiger partial charge on any atom is -0.340 e. The Morgan fingerprint density at radius 2 is 1.72 bits per heavy atom. The summed E-state index contributed by atoms with van der Waals surface area (Å²) in [5.41, 5.74) is 1.29. The molecule has 0 N–H and O–H groups in total. The van der Waals surface area contributed by atoms with Crippen molar-refractivity contribution in [2.75, 3.05) is 26.2 Å². The summed E-state index contributed by atoms with van der Waals surface area (Å²) in [6.45, 7) is 3.21. The molecule has 1 saturated heterocycles. The molecule has 0 atom stereocenters. The zero-order valence-electron chi connectivity index (χ0n) is 13.7. The van der Waals surface area contributed by atoms with E-state index in [1.807, 2.05) is 0 Å². The fourth-order valence-corrected chi connectivity index (χ4v) is 3.19. The molecule has 2 aromatic rings. The van der Waals surface area contributed by atoms with Gasteiger partial charge in [0.25, 0.3) is 0 Å². The van der Waals surface area contributed by atoms with E-state index in [0.29, 0.717) is 43.3 Å². The van der Waals surface area contributed by atoms with Crippen molar-refractivity contribution in [3.05, 3.63) is 70.2 Å². The first-order chi connectivity index (χ1) is 12.0. The highest BCUT2D eigenvalue weighted by Crippen LogP contribution is 2.20. The molecule has 3 nitrogen and oxygen atoms in total. The van der Waals surface area contributed by atoms with Crippen LogP contribution < -0.4 is 0 Å². The number of carbonyl (C=O) groups is 1. The molecule has 1 aliphatic heterocycles. The second-order valence-corrected chi connectivity index (χ2v) is 6.57. The van der Waals surface area contributed by atoms with Crippen LogP contribution in [0.5, 0.6) is 0 Å². The van der Waals surface area contributed by atoms with Gasteiger partial charge in [0, 0.05) is 37.7 Å². The maximum absolute atomic E-state index is 13.7. The molecular formula is C19H19ClF2N2O. The largest absolute Gasteiger partial charge is 0.340 e. The third-order valence-corrected chi connectivity index (χ3v) is 4.79. The molecule has 0 bridgehead atoms. The van der Waals surface area contributed by atoms with Crippen molar-refractivity contribution in [2.24, 2.45) is 0 Å². The molecule has 1 amide bonds. The van der Waals surface area contributed by atoms with Gasteiger partial charge in [-0.05, 0) is 29.3 Å². The average Bonchev–Trinajstić information content (AvgIpc) is 2.60. The summed E-state index contributed by atoms with van der Waals surface area (Å²) in [6, 6.07) is 10.7. The Balaban J connectivity index is 1.53. The fourth-order valence-electron chi connectivity index (χ4n) is 2.96.